The molecule has 4 heterocycles. The van der Waals surface area contributed by atoms with Crippen LogP contribution in [0.15, 0.2) is 28.3 Å². The second kappa shape index (κ2) is 7.88. The van der Waals surface area contributed by atoms with Gasteiger partial charge in [0.15, 0.2) is 0 Å². The maximum absolute atomic E-state index is 12.7. The lowest BCUT2D eigenvalue weighted by molar-refractivity contribution is 0.159. The van der Waals surface area contributed by atoms with Crippen LogP contribution >= 0.6 is 11.8 Å². The molecular weight excluding hydrogens is 440 g/mol. The van der Waals surface area contributed by atoms with Crippen molar-refractivity contribution < 1.29 is 13.2 Å². The lowest BCUT2D eigenvalue weighted by Gasteiger charge is -2.38. The number of hydrogen-bond acceptors (Lipinski definition) is 8. The van der Waals surface area contributed by atoms with Crippen LogP contribution in [0.1, 0.15) is 12.8 Å². The molecule has 166 valence electrons. The van der Waals surface area contributed by atoms with Crippen LogP contribution in [-0.4, -0.2) is 84.8 Å². The van der Waals surface area contributed by atoms with Gasteiger partial charge in [0.05, 0.1) is 22.2 Å². The molecule has 2 fully saturated rings. The summed E-state index contributed by atoms with van der Waals surface area (Å²) in [6.07, 6.45) is 3.85. The molecule has 0 aliphatic carbocycles. The van der Waals surface area contributed by atoms with E-state index in [4.69, 9.17) is 5.14 Å². The SMILES string of the molecule is NS(=O)(=O)c1cc(N2CCN(C(=O)N3CCCC3)CC2)c2cnn(N3CSC=N3)c2c1. The summed E-state index contributed by atoms with van der Waals surface area (Å²) < 4.78 is 24.4. The molecule has 31 heavy (non-hydrogen) atoms. The van der Waals surface area contributed by atoms with Crippen molar-refractivity contribution in [2.75, 3.05) is 55.2 Å². The molecule has 2 N–H and O–H groups in total. The third kappa shape index (κ3) is 3.81. The van der Waals surface area contributed by atoms with Crippen LogP contribution in [0, 0.1) is 0 Å². The second-order valence-corrected chi connectivity index (χ2v) is 10.2. The van der Waals surface area contributed by atoms with Crippen molar-refractivity contribution in [2.45, 2.75) is 17.7 Å². The number of anilines is 1. The number of carbonyl (C=O) groups is 1. The lowest BCUT2D eigenvalue weighted by Crippen LogP contribution is -2.52. The molecule has 0 spiro atoms. The van der Waals surface area contributed by atoms with Gasteiger partial charge in [-0.3, -0.25) is 0 Å². The van der Waals surface area contributed by atoms with Crippen LogP contribution < -0.4 is 15.2 Å². The maximum atomic E-state index is 12.7. The number of hydrazone groups is 1. The van der Waals surface area contributed by atoms with Gasteiger partial charge in [0.2, 0.25) is 10.0 Å². The molecule has 11 nitrogen and oxygen atoms in total. The van der Waals surface area contributed by atoms with E-state index in [1.54, 1.807) is 27.7 Å². The highest BCUT2D eigenvalue weighted by molar-refractivity contribution is 8.12. The Labute approximate surface area is 184 Å². The standard InChI is InChI=1S/C18H24N8O3S2/c19-31(28,29)14-9-16(15-11-20-26(17(15)10-14)25-13-30-12-21-25)22-5-7-24(8-6-22)18(27)23-3-1-2-4-23/h9-12H,1-8,13H2,(H2,19,28,29). The molecule has 0 unspecified atom stereocenters. The number of primary sulfonamides is 1. The van der Waals surface area contributed by atoms with Gasteiger partial charge < -0.3 is 14.7 Å². The number of sulfonamides is 1. The minimum atomic E-state index is -3.91. The minimum absolute atomic E-state index is 0.0307. The zero-order chi connectivity index (χ0) is 21.6. The Kier molecular flexibility index (Phi) is 5.18. The second-order valence-electron chi connectivity index (χ2n) is 7.79. The van der Waals surface area contributed by atoms with Crippen LogP contribution in [0.3, 0.4) is 0 Å². The van der Waals surface area contributed by atoms with E-state index in [0.717, 1.165) is 37.0 Å². The minimum Gasteiger partial charge on any atom is -0.367 e. The van der Waals surface area contributed by atoms with E-state index in [1.165, 1.54) is 17.8 Å². The Hall–Kier alpha value is -2.51. The molecule has 1 aromatic carbocycles. The molecule has 13 heteroatoms. The predicted molar refractivity (Wildman–Crippen MR) is 120 cm³/mol. The summed E-state index contributed by atoms with van der Waals surface area (Å²) in [7, 11) is -3.91. The van der Waals surface area contributed by atoms with E-state index < -0.39 is 10.0 Å². The molecule has 2 aromatic rings. The van der Waals surface area contributed by atoms with Crippen molar-refractivity contribution in [3.8, 4) is 0 Å². The predicted octanol–water partition coefficient (Wildman–Crippen LogP) is 0.607. The molecule has 5 rings (SSSR count). The van der Waals surface area contributed by atoms with Crippen molar-refractivity contribution >= 4 is 50.0 Å². The third-order valence-corrected chi connectivity index (χ3v) is 7.40. The van der Waals surface area contributed by atoms with Gasteiger partial charge in [0.25, 0.3) is 0 Å². The number of fused-ring (bicyclic) bond motifs is 1. The van der Waals surface area contributed by atoms with Crippen LogP contribution in [0.4, 0.5) is 10.5 Å². The number of hydrogen-bond donors (Lipinski definition) is 1. The zero-order valence-electron chi connectivity index (χ0n) is 16.9. The number of benzene rings is 1. The summed E-state index contributed by atoms with van der Waals surface area (Å²) in [4.78, 5) is 20.2. The number of nitrogens with two attached hydrogens (primary N) is 1. The number of nitrogens with zero attached hydrogens (tertiary/aromatic N) is 7. The highest BCUT2D eigenvalue weighted by Crippen LogP contribution is 2.32. The highest BCUT2D eigenvalue weighted by atomic mass is 32.2. The van der Waals surface area contributed by atoms with E-state index >= 15 is 0 Å². The molecule has 2 saturated heterocycles. The monoisotopic (exact) mass is 464 g/mol. The molecule has 0 radical (unpaired) electrons. The van der Waals surface area contributed by atoms with Gasteiger partial charge in [-0.25, -0.2) is 18.4 Å². The molecule has 2 amide bonds. The summed E-state index contributed by atoms with van der Waals surface area (Å²) >= 11 is 1.52. The van der Waals surface area contributed by atoms with Gasteiger partial charge in [-0.05, 0) is 25.0 Å². The summed E-state index contributed by atoms with van der Waals surface area (Å²) in [5, 5.41) is 16.6. The number of carbonyl (C=O) groups excluding carboxylic acids is 1. The van der Waals surface area contributed by atoms with E-state index in [0.29, 0.717) is 37.6 Å². The average Bonchev–Trinajstić information content (AvgIpc) is 3.53. The molecule has 3 aliphatic heterocycles. The van der Waals surface area contributed by atoms with Gasteiger partial charge in [-0.2, -0.15) is 20.1 Å². The molecule has 0 atom stereocenters. The number of thioether (sulfide) groups is 1. The van der Waals surface area contributed by atoms with E-state index in [1.807, 2.05) is 9.80 Å². The Morgan fingerprint density at radius 1 is 1.03 bits per heavy atom. The molecule has 3 aliphatic rings. The summed E-state index contributed by atoms with van der Waals surface area (Å²) in [5.41, 5.74) is 3.09. The van der Waals surface area contributed by atoms with Crippen molar-refractivity contribution in [2.24, 2.45) is 10.2 Å². The summed E-state index contributed by atoms with van der Waals surface area (Å²) in [6, 6.07) is 3.23. The molecule has 1 aromatic heterocycles. The Morgan fingerprint density at radius 3 is 2.39 bits per heavy atom. The van der Waals surface area contributed by atoms with Gasteiger partial charge in [0, 0.05) is 50.3 Å². The fraction of sp³-hybridized carbons (Fsp3) is 0.500. The smallest absolute Gasteiger partial charge is 0.320 e. The number of rotatable bonds is 3. The van der Waals surface area contributed by atoms with Crippen LogP contribution in [0.25, 0.3) is 10.9 Å². The van der Waals surface area contributed by atoms with Crippen molar-refractivity contribution in [1.29, 1.82) is 0 Å². The quantitative estimate of drug-likeness (QED) is 0.706. The molecule has 0 saturated carbocycles. The van der Waals surface area contributed by atoms with E-state index in [2.05, 4.69) is 15.1 Å². The first-order chi connectivity index (χ1) is 14.9. The topological polar surface area (TPSA) is 120 Å². The van der Waals surface area contributed by atoms with Crippen molar-refractivity contribution in [3.05, 3.63) is 18.3 Å². The molecular formula is C18H24N8O3S2. The van der Waals surface area contributed by atoms with Crippen molar-refractivity contribution in [1.82, 2.24) is 19.7 Å². The van der Waals surface area contributed by atoms with Crippen LogP contribution in [0.5, 0.6) is 0 Å². The van der Waals surface area contributed by atoms with Gasteiger partial charge in [0.1, 0.15) is 5.88 Å². The Morgan fingerprint density at radius 2 is 1.74 bits per heavy atom. The first kappa shape index (κ1) is 20.4. The van der Waals surface area contributed by atoms with E-state index in [9.17, 15) is 13.2 Å². The highest BCUT2D eigenvalue weighted by Gasteiger charge is 2.29. The summed E-state index contributed by atoms with van der Waals surface area (Å²) in [5.74, 6) is 0.586. The maximum Gasteiger partial charge on any atom is 0.320 e. The number of aromatic nitrogens is 2. The normalized spacial score (nSPS) is 19.8. The largest absolute Gasteiger partial charge is 0.367 e. The fourth-order valence-corrected chi connectivity index (χ4v) is 5.36. The number of likely N-dealkylation sites (tertiary alicyclic amines) is 1. The molecule has 0 bridgehead atoms. The van der Waals surface area contributed by atoms with E-state index in [-0.39, 0.29) is 10.9 Å². The van der Waals surface area contributed by atoms with Crippen LogP contribution in [-0.2, 0) is 10.0 Å². The first-order valence-electron chi connectivity index (χ1n) is 10.2. The fourth-order valence-electron chi connectivity index (χ4n) is 4.25. The average molecular weight is 465 g/mol. The Balaban J connectivity index is 1.45. The van der Waals surface area contributed by atoms with Gasteiger partial charge in [-0.1, -0.05) is 11.8 Å². The van der Waals surface area contributed by atoms with Crippen molar-refractivity contribution in [3.63, 3.8) is 0 Å². The van der Waals surface area contributed by atoms with Gasteiger partial charge >= 0.3 is 6.03 Å². The van der Waals surface area contributed by atoms with Gasteiger partial charge in [-0.15, -0.1) is 0 Å². The lowest BCUT2D eigenvalue weighted by atomic mass is 10.2. The summed E-state index contributed by atoms with van der Waals surface area (Å²) in [6.45, 7) is 4.02. The van der Waals surface area contributed by atoms with Crippen LogP contribution in [0.2, 0.25) is 0 Å². The number of amides is 2. The third-order valence-electron chi connectivity index (χ3n) is 5.88. The number of urea groups is 1. The first-order valence-corrected chi connectivity index (χ1v) is 12.8. The zero-order valence-corrected chi connectivity index (χ0v) is 18.6. The Bertz CT molecular complexity index is 1130. The number of piperazine rings is 1.